The number of hydrogen-bond donors (Lipinski definition) is 1. The SMILES string of the molecule is OC(c1ccc(OC(F)(F)F)c(F)c1)[C@H]1C[C@H](C(F)(F)F)C1. The lowest BCUT2D eigenvalue weighted by atomic mass is 9.70. The molecule has 1 aliphatic carbocycles. The van der Waals surface area contributed by atoms with E-state index in [1.807, 2.05) is 0 Å². The molecule has 0 heterocycles. The van der Waals surface area contributed by atoms with Gasteiger partial charge in [-0.05, 0) is 36.5 Å². The first kappa shape index (κ1) is 16.9. The Kier molecular flexibility index (Phi) is 4.29. The van der Waals surface area contributed by atoms with Crippen LogP contribution in [0.4, 0.5) is 30.7 Å². The second-order valence-corrected chi connectivity index (χ2v) is 5.15. The van der Waals surface area contributed by atoms with Crippen molar-refractivity contribution in [2.24, 2.45) is 11.8 Å². The number of aliphatic hydroxyl groups excluding tert-OH is 1. The predicted molar refractivity (Wildman–Crippen MR) is 60.3 cm³/mol. The largest absolute Gasteiger partial charge is 0.573 e. The van der Waals surface area contributed by atoms with Gasteiger partial charge in [-0.3, -0.25) is 0 Å². The fourth-order valence-electron chi connectivity index (χ4n) is 2.37. The first-order chi connectivity index (χ1) is 9.97. The highest BCUT2D eigenvalue weighted by Crippen LogP contribution is 2.49. The van der Waals surface area contributed by atoms with Gasteiger partial charge in [0.2, 0.25) is 0 Å². The molecule has 124 valence electrons. The maximum atomic E-state index is 13.5. The van der Waals surface area contributed by atoms with Crippen molar-refractivity contribution in [1.82, 2.24) is 0 Å². The molecule has 9 heteroatoms. The molecule has 1 aromatic rings. The molecule has 0 radical (unpaired) electrons. The van der Waals surface area contributed by atoms with Crippen molar-refractivity contribution in [3.8, 4) is 5.75 Å². The molecule has 0 amide bonds. The maximum Gasteiger partial charge on any atom is 0.573 e. The van der Waals surface area contributed by atoms with Gasteiger partial charge in [0.15, 0.2) is 11.6 Å². The zero-order valence-corrected chi connectivity index (χ0v) is 10.9. The molecule has 0 aromatic heterocycles. The van der Waals surface area contributed by atoms with Gasteiger partial charge in [0, 0.05) is 0 Å². The van der Waals surface area contributed by atoms with Gasteiger partial charge in [0.05, 0.1) is 12.0 Å². The topological polar surface area (TPSA) is 29.5 Å². The Balaban J connectivity index is 2.03. The summed E-state index contributed by atoms with van der Waals surface area (Å²) in [5.41, 5.74) is -0.0855. The Labute approximate surface area is 120 Å². The molecule has 0 bridgehead atoms. The summed E-state index contributed by atoms with van der Waals surface area (Å²) >= 11 is 0. The van der Waals surface area contributed by atoms with E-state index in [0.717, 1.165) is 6.07 Å². The highest BCUT2D eigenvalue weighted by Gasteiger charge is 2.49. The minimum absolute atomic E-state index is 0.0855. The molecule has 2 rings (SSSR count). The van der Waals surface area contributed by atoms with Crippen molar-refractivity contribution in [2.75, 3.05) is 0 Å². The van der Waals surface area contributed by atoms with E-state index in [1.54, 1.807) is 0 Å². The number of aliphatic hydroxyl groups is 1. The first-order valence-corrected chi connectivity index (χ1v) is 6.27. The smallest absolute Gasteiger partial charge is 0.403 e. The third-order valence-corrected chi connectivity index (χ3v) is 3.61. The number of rotatable bonds is 3. The third-order valence-electron chi connectivity index (χ3n) is 3.61. The van der Waals surface area contributed by atoms with Gasteiger partial charge in [-0.15, -0.1) is 13.2 Å². The van der Waals surface area contributed by atoms with Gasteiger partial charge in [-0.1, -0.05) is 6.07 Å². The second-order valence-electron chi connectivity index (χ2n) is 5.15. The maximum absolute atomic E-state index is 13.5. The monoisotopic (exact) mass is 332 g/mol. The van der Waals surface area contributed by atoms with E-state index >= 15 is 0 Å². The molecule has 22 heavy (non-hydrogen) atoms. The molecule has 0 aliphatic heterocycles. The predicted octanol–water partition coefficient (Wildman–Crippen LogP) is 4.35. The zero-order valence-electron chi connectivity index (χ0n) is 10.9. The van der Waals surface area contributed by atoms with Crippen molar-refractivity contribution in [3.63, 3.8) is 0 Å². The highest BCUT2D eigenvalue weighted by atomic mass is 19.4. The summed E-state index contributed by atoms with van der Waals surface area (Å²) in [6.07, 6.45) is -11.4. The summed E-state index contributed by atoms with van der Waals surface area (Å²) in [5, 5.41) is 9.87. The van der Waals surface area contributed by atoms with E-state index in [9.17, 15) is 35.8 Å². The van der Waals surface area contributed by atoms with Crippen LogP contribution in [0, 0.1) is 17.7 Å². The van der Waals surface area contributed by atoms with Crippen molar-refractivity contribution >= 4 is 0 Å². The van der Waals surface area contributed by atoms with Crippen molar-refractivity contribution < 1.29 is 40.6 Å². The first-order valence-electron chi connectivity index (χ1n) is 6.27. The molecule has 2 nitrogen and oxygen atoms in total. The summed E-state index contributed by atoms with van der Waals surface area (Å²) in [5.74, 6) is -4.63. The standard InChI is InChI=1S/C13H11F7O2/c14-9-5-6(1-2-10(9)22-13(18,19)20)11(21)7-3-8(4-7)12(15,16)17/h1-2,5,7-8,11,21H,3-4H2/t7-,8-,11?. The molecule has 1 unspecified atom stereocenters. The third kappa shape index (κ3) is 3.82. The Morgan fingerprint density at radius 2 is 1.68 bits per heavy atom. The number of alkyl halides is 6. The van der Waals surface area contributed by atoms with Gasteiger partial charge >= 0.3 is 12.5 Å². The number of ether oxygens (including phenoxy) is 1. The number of halogens is 7. The van der Waals surface area contributed by atoms with Gasteiger partial charge < -0.3 is 9.84 Å². The minimum atomic E-state index is -5.06. The summed E-state index contributed by atoms with van der Waals surface area (Å²) in [6, 6.07) is 2.31. The van der Waals surface area contributed by atoms with Crippen LogP contribution in [0.15, 0.2) is 18.2 Å². The molecule has 1 aliphatic rings. The lowest BCUT2D eigenvalue weighted by molar-refractivity contribution is -0.275. The summed E-state index contributed by atoms with van der Waals surface area (Å²) in [7, 11) is 0. The van der Waals surface area contributed by atoms with E-state index in [0.29, 0.717) is 12.1 Å². The van der Waals surface area contributed by atoms with Crippen LogP contribution in [0.2, 0.25) is 0 Å². The van der Waals surface area contributed by atoms with E-state index in [2.05, 4.69) is 4.74 Å². The molecular formula is C13H11F7O2. The molecular weight excluding hydrogens is 321 g/mol. The Morgan fingerprint density at radius 3 is 2.14 bits per heavy atom. The Morgan fingerprint density at radius 1 is 1.09 bits per heavy atom. The zero-order chi connectivity index (χ0) is 16.7. The van der Waals surface area contributed by atoms with Crippen LogP contribution in [0.1, 0.15) is 24.5 Å². The molecule has 1 aromatic carbocycles. The Hall–Kier alpha value is -1.51. The molecule has 1 atom stereocenters. The van der Waals surface area contributed by atoms with Gasteiger partial charge in [-0.25, -0.2) is 4.39 Å². The molecule has 1 saturated carbocycles. The molecule has 1 fully saturated rings. The van der Waals surface area contributed by atoms with E-state index in [4.69, 9.17) is 0 Å². The minimum Gasteiger partial charge on any atom is -0.403 e. The Bertz CT molecular complexity index is 532. The highest BCUT2D eigenvalue weighted by molar-refractivity contribution is 5.31. The number of hydrogen-bond acceptors (Lipinski definition) is 2. The van der Waals surface area contributed by atoms with Crippen LogP contribution >= 0.6 is 0 Å². The molecule has 1 N–H and O–H groups in total. The van der Waals surface area contributed by atoms with Crippen molar-refractivity contribution in [2.45, 2.75) is 31.5 Å². The molecule has 0 saturated heterocycles. The molecule has 0 spiro atoms. The average molecular weight is 332 g/mol. The second kappa shape index (κ2) is 5.60. The normalized spacial score (nSPS) is 23.8. The fraction of sp³-hybridized carbons (Fsp3) is 0.538. The van der Waals surface area contributed by atoms with Crippen LogP contribution in [-0.2, 0) is 0 Å². The van der Waals surface area contributed by atoms with Crippen LogP contribution in [0.5, 0.6) is 5.75 Å². The van der Waals surface area contributed by atoms with Crippen LogP contribution in [0.25, 0.3) is 0 Å². The number of benzene rings is 1. The summed E-state index contributed by atoms with van der Waals surface area (Å²) < 4.78 is 89.9. The van der Waals surface area contributed by atoms with Crippen LogP contribution < -0.4 is 4.74 Å². The van der Waals surface area contributed by atoms with E-state index < -0.39 is 42.0 Å². The van der Waals surface area contributed by atoms with E-state index in [-0.39, 0.29) is 18.4 Å². The van der Waals surface area contributed by atoms with Gasteiger partial charge in [0.25, 0.3) is 0 Å². The van der Waals surface area contributed by atoms with E-state index in [1.165, 1.54) is 0 Å². The van der Waals surface area contributed by atoms with Crippen molar-refractivity contribution in [3.05, 3.63) is 29.6 Å². The van der Waals surface area contributed by atoms with Crippen LogP contribution in [-0.4, -0.2) is 17.6 Å². The van der Waals surface area contributed by atoms with Crippen LogP contribution in [0.3, 0.4) is 0 Å². The fourth-order valence-corrected chi connectivity index (χ4v) is 2.37. The average Bonchev–Trinajstić information content (AvgIpc) is 2.26. The van der Waals surface area contributed by atoms with Gasteiger partial charge in [-0.2, -0.15) is 13.2 Å². The quantitative estimate of drug-likeness (QED) is 0.834. The van der Waals surface area contributed by atoms with Crippen molar-refractivity contribution in [1.29, 1.82) is 0 Å². The summed E-state index contributed by atoms with van der Waals surface area (Å²) in [6.45, 7) is 0. The summed E-state index contributed by atoms with van der Waals surface area (Å²) in [4.78, 5) is 0. The lowest BCUT2D eigenvalue weighted by Gasteiger charge is -2.39. The van der Waals surface area contributed by atoms with Gasteiger partial charge in [0.1, 0.15) is 0 Å². The lowest BCUT2D eigenvalue weighted by Crippen LogP contribution is -2.38.